The van der Waals surface area contributed by atoms with E-state index in [9.17, 15) is 4.79 Å². The molecule has 0 fully saturated rings. The van der Waals surface area contributed by atoms with Gasteiger partial charge in [-0.25, -0.2) is 0 Å². The molecule has 0 bridgehead atoms. The van der Waals surface area contributed by atoms with Gasteiger partial charge in [0, 0.05) is 6.20 Å². The zero-order chi connectivity index (χ0) is 8.81. The quantitative estimate of drug-likeness (QED) is 0.689. The normalized spacial score (nSPS) is 9.67. The second kappa shape index (κ2) is 4.46. The van der Waals surface area contributed by atoms with Gasteiger partial charge in [0.15, 0.2) is 0 Å². The topological polar surface area (TPSA) is 65.2 Å². The Morgan fingerprint density at radius 3 is 3.00 bits per heavy atom. The summed E-state index contributed by atoms with van der Waals surface area (Å²) in [6.07, 6.45) is 1.67. The van der Waals surface area contributed by atoms with E-state index in [1.165, 1.54) is 0 Å². The van der Waals surface area contributed by atoms with E-state index in [0.717, 1.165) is 5.69 Å². The molecule has 0 aliphatic heterocycles. The minimum atomic E-state index is -0.467. The molecule has 4 heteroatoms. The van der Waals surface area contributed by atoms with Gasteiger partial charge in [-0.1, -0.05) is 6.07 Å². The van der Waals surface area contributed by atoms with Crippen molar-refractivity contribution < 1.29 is 9.53 Å². The van der Waals surface area contributed by atoms with Gasteiger partial charge in [-0.2, -0.15) is 0 Å². The lowest BCUT2D eigenvalue weighted by Crippen LogP contribution is -2.18. The van der Waals surface area contributed by atoms with Crippen LogP contribution in [0.1, 0.15) is 5.69 Å². The number of primary amides is 1. The molecule has 2 N–H and O–H groups in total. The van der Waals surface area contributed by atoms with Crippen LogP contribution in [0, 0.1) is 0 Å². The van der Waals surface area contributed by atoms with Crippen LogP contribution in [0.4, 0.5) is 0 Å². The fraction of sp³-hybridized carbons (Fsp3) is 0.250. The lowest BCUT2D eigenvalue weighted by Gasteiger charge is -1.99. The third kappa shape index (κ3) is 3.12. The van der Waals surface area contributed by atoms with Crippen LogP contribution in [0.15, 0.2) is 24.4 Å². The van der Waals surface area contributed by atoms with E-state index in [4.69, 9.17) is 10.5 Å². The van der Waals surface area contributed by atoms with Gasteiger partial charge < -0.3 is 10.5 Å². The van der Waals surface area contributed by atoms with Crippen molar-refractivity contribution in [1.29, 1.82) is 0 Å². The van der Waals surface area contributed by atoms with Crippen LogP contribution in [0.3, 0.4) is 0 Å². The molecule has 0 saturated heterocycles. The number of ether oxygens (including phenoxy) is 1. The summed E-state index contributed by atoms with van der Waals surface area (Å²) in [7, 11) is 0. The highest BCUT2D eigenvalue weighted by Gasteiger charge is 1.95. The highest BCUT2D eigenvalue weighted by molar-refractivity contribution is 5.74. The first kappa shape index (κ1) is 8.67. The largest absolute Gasteiger partial charge is 0.368 e. The summed E-state index contributed by atoms with van der Waals surface area (Å²) < 4.78 is 4.94. The Hall–Kier alpha value is -1.42. The van der Waals surface area contributed by atoms with Crippen molar-refractivity contribution in [3.8, 4) is 0 Å². The number of amides is 1. The second-order valence-electron chi connectivity index (χ2n) is 2.28. The number of carbonyl (C=O) groups is 1. The monoisotopic (exact) mass is 166 g/mol. The molecule has 4 nitrogen and oxygen atoms in total. The van der Waals surface area contributed by atoms with Gasteiger partial charge in [-0.05, 0) is 12.1 Å². The molecule has 0 spiro atoms. The minimum Gasteiger partial charge on any atom is -0.368 e. The fourth-order valence-electron chi connectivity index (χ4n) is 0.740. The molecule has 0 aliphatic carbocycles. The standard InChI is InChI=1S/C8H10N2O2/c9-8(11)6-12-5-7-3-1-2-4-10-7/h1-4H,5-6H2,(H2,9,11). The molecule has 0 radical (unpaired) electrons. The summed E-state index contributed by atoms with van der Waals surface area (Å²) in [5.74, 6) is -0.467. The smallest absolute Gasteiger partial charge is 0.243 e. The summed E-state index contributed by atoms with van der Waals surface area (Å²) in [4.78, 5) is 14.3. The minimum absolute atomic E-state index is 0.0590. The Kier molecular flexibility index (Phi) is 3.22. The van der Waals surface area contributed by atoms with E-state index < -0.39 is 5.91 Å². The number of carbonyl (C=O) groups excluding carboxylic acids is 1. The molecule has 0 aliphatic rings. The van der Waals surface area contributed by atoms with Crippen LogP contribution < -0.4 is 5.73 Å². The Labute approximate surface area is 70.4 Å². The number of pyridine rings is 1. The first-order chi connectivity index (χ1) is 5.79. The summed E-state index contributed by atoms with van der Waals surface area (Å²) in [6, 6.07) is 5.49. The molecule has 1 amide bonds. The van der Waals surface area contributed by atoms with E-state index in [0.29, 0.717) is 6.61 Å². The molecule has 0 aromatic carbocycles. The van der Waals surface area contributed by atoms with Gasteiger partial charge >= 0.3 is 0 Å². The maximum atomic E-state index is 10.3. The summed E-state index contributed by atoms with van der Waals surface area (Å²) in [6.45, 7) is 0.264. The Morgan fingerprint density at radius 1 is 1.58 bits per heavy atom. The molecule has 0 saturated carbocycles. The van der Waals surface area contributed by atoms with Crippen molar-refractivity contribution in [3.63, 3.8) is 0 Å². The number of hydrogen-bond donors (Lipinski definition) is 1. The van der Waals surface area contributed by atoms with Crippen molar-refractivity contribution in [2.75, 3.05) is 6.61 Å². The molecule has 0 atom stereocenters. The average Bonchev–Trinajstić information content (AvgIpc) is 2.05. The molecule has 0 unspecified atom stereocenters. The molecule has 64 valence electrons. The zero-order valence-corrected chi connectivity index (χ0v) is 6.56. The molecule has 1 aromatic rings. The molecule has 1 heterocycles. The summed E-state index contributed by atoms with van der Waals surface area (Å²) in [5, 5.41) is 0. The van der Waals surface area contributed by atoms with Crippen LogP contribution in [0.25, 0.3) is 0 Å². The third-order valence-corrected chi connectivity index (χ3v) is 1.22. The van der Waals surface area contributed by atoms with E-state index in [1.54, 1.807) is 6.20 Å². The Balaban J connectivity index is 2.29. The van der Waals surface area contributed by atoms with E-state index in [1.807, 2.05) is 18.2 Å². The molecular formula is C8H10N2O2. The van der Waals surface area contributed by atoms with E-state index >= 15 is 0 Å². The van der Waals surface area contributed by atoms with Crippen molar-refractivity contribution in [3.05, 3.63) is 30.1 Å². The maximum absolute atomic E-state index is 10.3. The lowest BCUT2D eigenvalue weighted by atomic mass is 10.4. The highest BCUT2D eigenvalue weighted by atomic mass is 16.5. The van der Waals surface area contributed by atoms with Crippen molar-refractivity contribution >= 4 is 5.91 Å². The number of aromatic nitrogens is 1. The first-order valence-electron chi connectivity index (χ1n) is 3.55. The molecule has 12 heavy (non-hydrogen) atoms. The Morgan fingerprint density at radius 2 is 2.42 bits per heavy atom. The van der Waals surface area contributed by atoms with Crippen molar-refractivity contribution in [1.82, 2.24) is 4.98 Å². The fourth-order valence-corrected chi connectivity index (χ4v) is 0.740. The van der Waals surface area contributed by atoms with Gasteiger partial charge in [0.05, 0.1) is 12.3 Å². The van der Waals surface area contributed by atoms with Crippen molar-refractivity contribution in [2.24, 2.45) is 5.73 Å². The summed E-state index contributed by atoms with van der Waals surface area (Å²) >= 11 is 0. The van der Waals surface area contributed by atoms with Crippen LogP contribution in [-0.2, 0) is 16.1 Å². The molecule has 1 rings (SSSR count). The van der Waals surface area contributed by atoms with E-state index in [-0.39, 0.29) is 6.61 Å². The average molecular weight is 166 g/mol. The highest BCUT2D eigenvalue weighted by Crippen LogP contribution is 1.94. The third-order valence-electron chi connectivity index (χ3n) is 1.22. The predicted molar refractivity (Wildman–Crippen MR) is 43.1 cm³/mol. The SMILES string of the molecule is NC(=O)COCc1ccccn1. The van der Waals surface area contributed by atoms with Gasteiger partial charge in [0.25, 0.3) is 0 Å². The molecular weight excluding hydrogens is 156 g/mol. The van der Waals surface area contributed by atoms with Gasteiger partial charge in [-0.3, -0.25) is 9.78 Å². The van der Waals surface area contributed by atoms with Crippen LogP contribution >= 0.6 is 0 Å². The van der Waals surface area contributed by atoms with E-state index in [2.05, 4.69) is 4.98 Å². The Bertz CT molecular complexity index is 248. The molecule has 1 aromatic heterocycles. The maximum Gasteiger partial charge on any atom is 0.243 e. The predicted octanol–water partition coefficient (Wildman–Crippen LogP) is 0.0835. The van der Waals surface area contributed by atoms with Crippen LogP contribution in [0.5, 0.6) is 0 Å². The van der Waals surface area contributed by atoms with Gasteiger partial charge in [0.2, 0.25) is 5.91 Å². The first-order valence-corrected chi connectivity index (χ1v) is 3.55. The van der Waals surface area contributed by atoms with Crippen LogP contribution in [-0.4, -0.2) is 17.5 Å². The van der Waals surface area contributed by atoms with Crippen molar-refractivity contribution in [2.45, 2.75) is 6.61 Å². The number of nitrogens with zero attached hydrogens (tertiary/aromatic N) is 1. The second-order valence-corrected chi connectivity index (χ2v) is 2.28. The van der Waals surface area contributed by atoms with Crippen LogP contribution in [0.2, 0.25) is 0 Å². The van der Waals surface area contributed by atoms with Gasteiger partial charge in [-0.15, -0.1) is 0 Å². The summed E-state index contributed by atoms with van der Waals surface area (Å²) in [5.41, 5.74) is 5.66. The number of rotatable bonds is 4. The number of nitrogens with two attached hydrogens (primary N) is 1. The lowest BCUT2D eigenvalue weighted by molar-refractivity contribution is -0.122. The number of hydrogen-bond acceptors (Lipinski definition) is 3. The van der Waals surface area contributed by atoms with Gasteiger partial charge in [0.1, 0.15) is 6.61 Å². The zero-order valence-electron chi connectivity index (χ0n) is 6.56.